The molecule has 0 aromatic carbocycles. The van der Waals surface area contributed by atoms with Crippen LogP contribution < -0.4 is 10.9 Å². The van der Waals surface area contributed by atoms with Crippen molar-refractivity contribution in [2.45, 2.75) is 26.8 Å². The fraction of sp³-hybridized carbons (Fsp3) is 0.333. The molecule has 2 aromatic heterocycles. The Morgan fingerprint density at radius 1 is 1.42 bits per heavy atom. The van der Waals surface area contributed by atoms with Gasteiger partial charge in [0.15, 0.2) is 5.82 Å². The van der Waals surface area contributed by atoms with Gasteiger partial charge in [-0.25, -0.2) is 9.78 Å². The summed E-state index contributed by atoms with van der Waals surface area (Å²) < 4.78 is 1.51. The Morgan fingerprint density at radius 2 is 2.16 bits per heavy atom. The van der Waals surface area contributed by atoms with Gasteiger partial charge in [0, 0.05) is 12.1 Å². The van der Waals surface area contributed by atoms with Crippen LogP contribution in [0.1, 0.15) is 29.9 Å². The Kier molecular flexibility index (Phi) is 3.46. The van der Waals surface area contributed by atoms with Crippen LogP contribution in [0, 0.1) is 6.92 Å². The average molecular weight is 261 g/mol. The third-order valence-corrected chi connectivity index (χ3v) is 2.56. The van der Waals surface area contributed by atoms with Gasteiger partial charge in [-0.05, 0) is 26.8 Å². The van der Waals surface area contributed by atoms with Crippen LogP contribution in [-0.4, -0.2) is 31.9 Å². The van der Waals surface area contributed by atoms with Gasteiger partial charge in [-0.3, -0.25) is 9.59 Å². The second kappa shape index (κ2) is 5.05. The molecule has 0 aliphatic rings. The van der Waals surface area contributed by atoms with E-state index in [9.17, 15) is 9.59 Å². The maximum atomic E-state index is 11.9. The molecule has 0 aliphatic heterocycles. The Hall–Kier alpha value is -2.44. The molecule has 0 atom stereocenters. The van der Waals surface area contributed by atoms with E-state index in [2.05, 4.69) is 20.6 Å². The molecule has 2 N–H and O–H groups in total. The van der Waals surface area contributed by atoms with Crippen LogP contribution in [0.5, 0.6) is 0 Å². The highest BCUT2D eigenvalue weighted by Crippen LogP contribution is 2.11. The molecule has 0 fully saturated rings. The summed E-state index contributed by atoms with van der Waals surface area (Å²) in [6.45, 7) is 5.55. The lowest BCUT2D eigenvalue weighted by Gasteiger charge is -2.08. The van der Waals surface area contributed by atoms with Gasteiger partial charge in [0.1, 0.15) is 0 Å². The van der Waals surface area contributed by atoms with E-state index in [0.717, 1.165) is 0 Å². The summed E-state index contributed by atoms with van der Waals surface area (Å²) in [6, 6.07) is 2.96. The number of H-pyrrole nitrogens is 1. The molecule has 0 saturated heterocycles. The number of hydrogen-bond acceptors (Lipinski definition) is 4. The molecule has 0 radical (unpaired) electrons. The van der Waals surface area contributed by atoms with E-state index >= 15 is 0 Å². The first kappa shape index (κ1) is 13.0. The van der Waals surface area contributed by atoms with Gasteiger partial charge in [-0.2, -0.15) is 10.2 Å². The summed E-state index contributed by atoms with van der Waals surface area (Å²) in [6.07, 6.45) is 1.49. The SMILES string of the molecule is Cc1c(C(=O)NC(C)C)cnn1-c1ccc(=O)[nH]n1. The number of rotatable bonds is 3. The number of amides is 1. The molecule has 100 valence electrons. The normalized spacial score (nSPS) is 10.7. The summed E-state index contributed by atoms with van der Waals surface area (Å²) >= 11 is 0. The number of nitrogens with one attached hydrogen (secondary N) is 2. The standard InChI is InChI=1S/C12H15N5O2/c1-7(2)14-12(19)9-6-13-17(8(9)3)10-4-5-11(18)16-15-10/h4-7H,1-3H3,(H,14,19)(H,16,18). The lowest BCUT2D eigenvalue weighted by atomic mass is 10.2. The first-order valence-corrected chi connectivity index (χ1v) is 5.90. The van der Waals surface area contributed by atoms with Gasteiger partial charge in [0.25, 0.3) is 11.5 Å². The molecular weight excluding hydrogens is 246 g/mol. The summed E-state index contributed by atoms with van der Waals surface area (Å²) in [5.41, 5.74) is 0.866. The minimum Gasteiger partial charge on any atom is -0.350 e. The third-order valence-electron chi connectivity index (χ3n) is 2.56. The topological polar surface area (TPSA) is 92.7 Å². The molecule has 0 bridgehead atoms. The molecule has 7 heteroatoms. The summed E-state index contributed by atoms with van der Waals surface area (Å²) in [5, 5.41) is 13.1. The second-order valence-electron chi connectivity index (χ2n) is 4.46. The van der Waals surface area contributed by atoms with Crippen LogP contribution >= 0.6 is 0 Å². The zero-order valence-corrected chi connectivity index (χ0v) is 11.0. The van der Waals surface area contributed by atoms with Crippen molar-refractivity contribution in [1.29, 1.82) is 0 Å². The zero-order valence-electron chi connectivity index (χ0n) is 11.0. The Bertz CT molecular complexity index is 636. The van der Waals surface area contributed by atoms with Crippen LogP contribution in [0.25, 0.3) is 5.82 Å². The van der Waals surface area contributed by atoms with Crippen molar-refractivity contribution >= 4 is 5.91 Å². The smallest absolute Gasteiger partial charge is 0.264 e. The van der Waals surface area contributed by atoms with E-state index in [1.165, 1.54) is 16.9 Å². The quantitative estimate of drug-likeness (QED) is 0.836. The number of hydrogen-bond donors (Lipinski definition) is 2. The summed E-state index contributed by atoms with van der Waals surface area (Å²) in [4.78, 5) is 22.9. The third kappa shape index (κ3) is 2.70. The summed E-state index contributed by atoms with van der Waals surface area (Å²) in [5.74, 6) is 0.281. The highest BCUT2D eigenvalue weighted by Gasteiger charge is 2.16. The Morgan fingerprint density at radius 3 is 2.74 bits per heavy atom. The van der Waals surface area contributed by atoms with Crippen LogP contribution in [0.3, 0.4) is 0 Å². The van der Waals surface area contributed by atoms with Crippen LogP contribution in [0.15, 0.2) is 23.1 Å². The highest BCUT2D eigenvalue weighted by atomic mass is 16.1. The first-order valence-electron chi connectivity index (χ1n) is 5.90. The average Bonchev–Trinajstić information content (AvgIpc) is 2.71. The van der Waals surface area contributed by atoms with Crippen molar-refractivity contribution in [2.75, 3.05) is 0 Å². The molecule has 0 saturated carbocycles. The van der Waals surface area contributed by atoms with Gasteiger partial charge >= 0.3 is 0 Å². The van der Waals surface area contributed by atoms with Crippen molar-refractivity contribution in [2.24, 2.45) is 0 Å². The zero-order chi connectivity index (χ0) is 14.0. The predicted molar refractivity (Wildman–Crippen MR) is 69.3 cm³/mol. The molecule has 19 heavy (non-hydrogen) atoms. The Labute approximate surface area is 109 Å². The molecule has 2 heterocycles. The van der Waals surface area contributed by atoms with Crippen molar-refractivity contribution in [3.63, 3.8) is 0 Å². The molecular formula is C12H15N5O2. The number of carbonyl (C=O) groups is 1. The van der Waals surface area contributed by atoms with E-state index in [0.29, 0.717) is 17.1 Å². The molecule has 0 unspecified atom stereocenters. The second-order valence-corrected chi connectivity index (χ2v) is 4.46. The number of nitrogens with zero attached hydrogens (tertiary/aromatic N) is 3. The number of aromatic amines is 1. The van der Waals surface area contributed by atoms with E-state index in [1.807, 2.05) is 13.8 Å². The van der Waals surface area contributed by atoms with E-state index < -0.39 is 0 Å². The fourth-order valence-corrected chi connectivity index (χ4v) is 1.66. The lowest BCUT2D eigenvalue weighted by Crippen LogP contribution is -2.30. The molecule has 7 nitrogen and oxygen atoms in total. The van der Waals surface area contributed by atoms with Gasteiger partial charge in [0.2, 0.25) is 0 Å². The van der Waals surface area contributed by atoms with Crippen LogP contribution in [-0.2, 0) is 0 Å². The maximum absolute atomic E-state index is 11.9. The minimum atomic E-state index is -0.286. The van der Waals surface area contributed by atoms with Crippen molar-refractivity contribution in [3.8, 4) is 5.82 Å². The monoisotopic (exact) mass is 261 g/mol. The van der Waals surface area contributed by atoms with E-state index in [1.54, 1.807) is 13.0 Å². The van der Waals surface area contributed by atoms with Gasteiger partial charge in [0.05, 0.1) is 17.5 Å². The molecule has 2 rings (SSSR count). The Balaban J connectivity index is 2.35. The maximum Gasteiger partial charge on any atom is 0.264 e. The molecule has 2 aromatic rings. The predicted octanol–water partition coefficient (Wildman–Crippen LogP) is 0.402. The fourth-order valence-electron chi connectivity index (χ4n) is 1.66. The van der Waals surface area contributed by atoms with Crippen molar-refractivity contribution in [3.05, 3.63) is 39.9 Å². The highest BCUT2D eigenvalue weighted by molar-refractivity contribution is 5.95. The van der Waals surface area contributed by atoms with Crippen molar-refractivity contribution < 1.29 is 4.79 Å². The minimum absolute atomic E-state index is 0.0569. The van der Waals surface area contributed by atoms with Gasteiger partial charge < -0.3 is 5.32 Å². The summed E-state index contributed by atoms with van der Waals surface area (Å²) in [7, 11) is 0. The number of aromatic nitrogens is 4. The van der Waals surface area contributed by atoms with Gasteiger partial charge in [-0.15, -0.1) is 0 Å². The van der Waals surface area contributed by atoms with Crippen molar-refractivity contribution in [1.82, 2.24) is 25.3 Å². The number of carbonyl (C=O) groups excluding carboxylic acids is 1. The van der Waals surface area contributed by atoms with Crippen LogP contribution in [0.2, 0.25) is 0 Å². The molecule has 0 spiro atoms. The largest absolute Gasteiger partial charge is 0.350 e. The lowest BCUT2D eigenvalue weighted by molar-refractivity contribution is 0.0942. The van der Waals surface area contributed by atoms with E-state index in [4.69, 9.17) is 0 Å². The first-order chi connectivity index (χ1) is 8.99. The van der Waals surface area contributed by atoms with Crippen LogP contribution in [0.4, 0.5) is 0 Å². The van der Waals surface area contributed by atoms with Gasteiger partial charge in [-0.1, -0.05) is 0 Å². The molecule has 0 aliphatic carbocycles. The molecule has 1 amide bonds. The van der Waals surface area contributed by atoms with E-state index in [-0.39, 0.29) is 17.5 Å².